The largest absolute Gasteiger partial charge is 0.435 e. The molecule has 2 amide bonds. The van der Waals surface area contributed by atoms with E-state index in [1.165, 1.54) is 28.9 Å². The number of anilines is 2. The first-order chi connectivity index (χ1) is 23.0. The van der Waals surface area contributed by atoms with Gasteiger partial charge in [-0.15, -0.1) is 0 Å². The number of hydrogen-bond acceptors (Lipinski definition) is 10. The van der Waals surface area contributed by atoms with Crippen molar-refractivity contribution in [1.82, 2.24) is 45.4 Å². The summed E-state index contributed by atoms with van der Waals surface area (Å²) in [5, 5.41) is 17.6. The number of imidazole rings is 1. The molecule has 4 heterocycles. The maximum absolute atomic E-state index is 13.8. The van der Waals surface area contributed by atoms with Crippen molar-refractivity contribution in [1.29, 1.82) is 0 Å². The van der Waals surface area contributed by atoms with E-state index in [2.05, 4.69) is 41.7 Å². The highest BCUT2D eigenvalue weighted by Gasteiger charge is 2.38. The molecule has 256 valence electrons. The summed E-state index contributed by atoms with van der Waals surface area (Å²) in [5.41, 5.74) is -1.95. The van der Waals surface area contributed by atoms with Crippen LogP contribution >= 0.6 is 11.6 Å². The molecule has 0 saturated carbocycles. The Hall–Kier alpha value is -4.88. The van der Waals surface area contributed by atoms with Crippen LogP contribution in [0.4, 0.5) is 33.5 Å². The van der Waals surface area contributed by atoms with Gasteiger partial charge < -0.3 is 31.3 Å². The molecule has 0 spiro atoms. The Morgan fingerprint density at radius 2 is 2.02 bits per heavy atom. The number of carbonyl (C=O) groups is 3. The van der Waals surface area contributed by atoms with Crippen molar-refractivity contribution in [2.24, 2.45) is 0 Å². The van der Waals surface area contributed by atoms with Gasteiger partial charge in [0.2, 0.25) is 5.91 Å². The van der Waals surface area contributed by atoms with Gasteiger partial charge in [-0.05, 0) is 25.1 Å². The number of alkyl halides is 5. The van der Waals surface area contributed by atoms with E-state index in [4.69, 9.17) is 16.3 Å². The Morgan fingerprint density at radius 3 is 2.73 bits per heavy atom. The van der Waals surface area contributed by atoms with Gasteiger partial charge in [0, 0.05) is 44.3 Å². The molecule has 3 aromatic heterocycles. The van der Waals surface area contributed by atoms with Gasteiger partial charge in [0.15, 0.2) is 22.9 Å². The van der Waals surface area contributed by atoms with Gasteiger partial charge in [-0.25, -0.2) is 18.7 Å². The van der Waals surface area contributed by atoms with Crippen molar-refractivity contribution < 1.29 is 41.1 Å². The number of nitrogens with zero attached hydrogens (tertiary/aromatic N) is 5. The summed E-state index contributed by atoms with van der Waals surface area (Å²) in [5.74, 6) is -1.03. The number of rotatable bonds is 14. The lowest BCUT2D eigenvalue weighted by Crippen LogP contribution is -2.42. The number of benzene rings is 1. The van der Waals surface area contributed by atoms with E-state index in [9.17, 15) is 36.3 Å². The third-order valence-electron chi connectivity index (χ3n) is 7.12. The molecule has 1 fully saturated rings. The molecule has 0 bridgehead atoms. The van der Waals surface area contributed by atoms with Crippen molar-refractivity contribution >= 4 is 47.0 Å². The summed E-state index contributed by atoms with van der Waals surface area (Å²) < 4.78 is 73.9. The molecule has 14 nitrogen and oxygen atoms in total. The second-order valence-electron chi connectivity index (χ2n) is 10.4. The molecule has 1 aliphatic heterocycles. The smallest absolute Gasteiger partial charge is 0.425 e. The number of aromatic nitrogens is 5. The lowest BCUT2D eigenvalue weighted by Gasteiger charge is -2.15. The predicted octanol–water partition coefficient (Wildman–Crippen LogP) is 2.61. The van der Waals surface area contributed by atoms with Gasteiger partial charge in [-0.3, -0.25) is 23.5 Å². The van der Waals surface area contributed by atoms with Gasteiger partial charge in [0.1, 0.15) is 6.54 Å². The first-order valence-electron chi connectivity index (χ1n) is 14.4. The van der Waals surface area contributed by atoms with Gasteiger partial charge in [-0.1, -0.05) is 11.6 Å². The third kappa shape index (κ3) is 7.97. The molecule has 0 unspecified atom stereocenters. The zero-order chi connectivity index (χ0) is 34.4. The lowest BCUT2D eigenvalue weighted by atomic mass is 10.1. The predicted molar refractivity (Wildman–Crippen MR) is 161 cm³/mol. The molecular formula is C28H28ClF5N10O4. The van der Waals surface area contributed by atoms with Crippen LogP contribution < -0.4 is 31.3 Å². The monoisotopic (exact) mass is 698 g/mol. The Morgan fingerprint density at radius 1 is 1.21 bits per heavy atom. The standard InChI is InChI=1S/C28H28ClF5N10O4/c29-22-16(27(47)38-6-5-36-11-21(46)40-15-3-4-35-9-15)1-2-18(23(22)48-14-45)41-25-26-39-10-19(44(26)8-7-37-25)17-12-43(13-20(30)31)42-24(17)28(32,33)34/h1-2,7-8,10,12,14-15,20,35-36H,3-6,9,11,13H2,(H,37,41)(H,38,47)(H,40,46)/t15-/m0/s1. The number of halogens is 6. The fourth-order valence-electron chi connectivity index (χ4n) is 5.00. The van der Waals surface area contributed by atoms with E-state index < -0.39 is 36.3 Å². The molecule has 5 N–H and O–H groups in total. The topological polar surface area (TPSA) is 169 Å². The van der Waals surface area contributed by atoms with Crippen LogP contribution in [0.2, 0.25) is 5.02 Å². The fourth-order valence-corrected chi connectivity index (χ4v) is 5.29. The summed E-state index contributed by atoms with van der Waals surface area (Å²) in [6, 6.07) is 2.80. The molecule has 1 aliphatic rings. The van der Waals surface area contributed by atoms with Crippen LogP contribution in [0.25, 0.3) is 16.9 Å². The highest BCUT2D eigenvalue weighted by atomic mass is 35.5. The van der Waals surface area contributed by atoms with E-state index in [-0.39, 0.29) is 77.2 Å². The van der Waals surface area contributed by atoms with Crippen LogP contribution in [-0.2, 0) is 22.3 Å². The van der Waals surface area contributed by atoms with Crippen LogP contribution in [-0.4, -0.2) is 87.6 Å². The summed E-state index contributed by atoms with van der Waals surface area (Å²) in [6.07, 6.45) is -2.53. The molecule has 0 aliphatic carbocycles. The number of hydrogen-bond donors (Lipinski definition) is 5. The first-order valence-corrected chi connectivity index (χ1v) is 14.8. The highest BCUT2D eigenvalue weighted by molar-refractivity contribution is 6.36. The van der Waals surface area contributed by atoms with Crippen LogP contribution in [0, 0.1) is 0 Å². The molecule has 4 aromatic rings. The second-order valence-corrected chi connectivity index (χ2v) is 10.8. The van der Waals surface area contributed by atoms with Crippen molar-refractivity contribution in [3.63, 3.8) is 0 Å². The average molecular weight is 699 g/mol. The van der Waals surface area contributed by atoms with E-state index in [0.29, 0.717) is 4.68 Å². The molecular weight excluding hydrogens is 671 g/mol. The number of fused-ring (bicyclic) bond motifs is 1. The van der Waals surface area contributed by atoms with Crippen molar-refractivity contribution in [2.75, 3.05) is 38.0 Å². The molecule has 1 saturated heterocycles. The van der Waals surface area contributed by atoms with Gasteiger partial charge in [0.25, 0.3) is 18.8 Å². The van der Waals surface area contributed by atoms with Crippen molar-refractivity contribution in [2.45, 2.75) is 31.6 Å². The van der Waals surface area contributed by atoms with E-state index >= 15 is 0 Å². The average Bonchev–Trinajstić information content (AvgIpc) is 3.79. The normalized spacial score (nSPS) is 14.8. The van der Waals surface area contributed by atoms with Gasteiger partial charge in [-0.2, -0.15) is 18.3 Å². The summed E-state index contributed by atoms with van der Waals surface area (Å²) in [6.45, 7) is 1.09. The van der Waals surface area contributed by atoms with Crippen molar-refractivity contribution in [3.8, 4) is 17.0 Å². The third-order valence-corrected chi connectivity index (χ3v) is 7.49. The Kier molecular flexibility index (Phi) is 10.7. The molecule has 1 aromatic carbocycles. The number of amides is 2. The van der Waals surface area contributed by atoms with E-state index in [0.717, 1.165) is 31.9 Å². The Bertz CT molecular complexity index is 1790. The number of nitrogens with one attached hydrogen (secondary N) is 5. The first kappa shape index (κ1) is 34.5. The fraction of sp³-hybridized carbons (Fsp3) is 0.357. The molecule has 1 atom stereocenters. The summed E-state index contributed by atoms with van der Waals surface area (Å²) in [4.78, 5) is 44.5. The summed E-state index contributed by atoms with van der Waals surface area (Å²) >= 11 is 6.45. The van der Waals surface area contributed by atoms with Crippen LogP contribution in [0.5, 0.6) is 5.75 Å². The maximum atomic E-state index is 13.8. The van der Waals surface area contributed by atoms with Gasteiger partial charge in [0.05, 0.1) is 40.3 Å². The minimum atomic E-state index is -4.95. The Balaban J connectivity index is 1.31. The molecule has 20 heteroatoms. The number of ether oxygens (including phenoxy) is 1. The minimum Gasteiger partial charge on any atom is -0.425 e. The highest BCUT2D eigenvalue weighted by Crippen LogP contribution is 2.39. The van der Waals surface area contributed by atoms with Crippen LogP contribution in [0.3, 0.4) is 0 Å². The zero-order valence-corrected chi connectivity index (χ0v) is 25.5. The van der Waals surface area contributed by atoms with Crippen molar-refractivity contribution in [3.05, 3.63) is 53.2 Å². The van der Waals surface area contributed by atoms with Gasteiger partial charge >= 0.3 is 6.18 Å². The lowest BCUT2D eigenvalue weighted by molar-refractivity contribution is -0.141. The van der Waals surface area contributed by atoms with E-state index in [1.54, 1.807) is 0 Å². The number of carbonyl (C=O) groups excluding carboxylic acids is 3. The quantitative estimate of drug-likeness (QED) is 0.0750. The maximum Gasteiger partial charge on any atom is 0.435 e. The minimum absolute atomic E-state index is 0.0123. The zero-order valence-electron chi connectivity index (χ0n) is 24.8. The second kappa shape index (κ2) is 14.9. The molecule has 0 radical (unpaired) electrons. The van der Waals surface area contributed by atoms with Crippen LogP contribution in [0.1, 0.15) is 22.5 Å². The van der Waals surface area contributed by atoms with Crippen LogP contribution in [0.15, 0.2) is 36.9 Å². The molecule has 5 rings (SSSR count). The van der Waals surface area contributed by atoms with E-state index in [1.807, 2.05) is 0 Å². The SMILES string of the molecule is O=COc1c(Nc2nccn3c(-c4cn(CC(F)F)nc4C(F)(F)F)cnc23)ccc(C(=O)NCCNCC(=O)N[C@H]2CCNC2)c1Cl. The Labute approximate surface area is 273 Å². The summed E-state index contributed by atoms with van der Waals surface area (Å²) in [7, 11) is 0. The molecule has 48 heavy (non-hydrogen) atoms.